The van der Waals surface area contributed by atoms with Gasteiger partial charge in [0.25, 0.3) is 5.91 Å². The van der Waals surface area contributed by atoms with Crippen LogP contribution < -0.4 is 16.6 Å². The molecular weight excluding hydrogens is 342 g/mol. The number of carbonyl (C=O) groups excluding carboxylic acids is 1. The second-order valence-corrected chi connectivity index (χ2v) is 7.05. The zero-order valence-corrected chi connectivity index (χ0v) is 15.1. The molecule has 0 unspecified atom stereocenters. The Morgan fingerprint density at radius 2 is 2.00 bits per heavy atom. The molecule has 1 fully saturated rings. The molecule has 4 rings (SSSR count). The number of carbonyl (C=O) groups is 1. The maximum Gasteiger partial charge on any atom is 0.271 e. The number of hydrogen-bond donors (Lipinski definition) is 2. The Bertz CT molecular complexity index is 1090. The number of nitrogens with zero attached hydrogens (tertiary/aromatic N) is 3. The minimum Gasteiger partial charge on any atom is -0.383 e. The van der Waals surface area contributed by atoms with Crippen LogP contribution in [0.3, 0.4) is 0 Å². The number of amides is 1. The summed E-state index contributed by atoms with van der Waals surface area (Å²) >= 11 is 0. The zero-order valence-electron chi connectivity index (χ0n) is 15.1. The first-order valence-corrected chi connectivity index (χ1v) is 9.04. The first kappa shape index (κ1) is 17.2. The Hall–Kier alpha value is -3.22. The van der Waals surface area contributed by atoms with E-state index < -0.39 is 5.91 Å². The molecule has 0 radical (unpaired) electrons. The van der Waals surface area contributed by atoms with E-state index in [1.807, 2.05) is 18.2 Å². The first-order chi connectivity index (χ1) is 13.0. The second kappa shape index (κ2) is 6.83. The van der Waals surface area contributed by atoms with E-state index in [9.17, 15) is 9.59 Å². The van der Waals surface area contributed by atoms with Gasteiger partial charge in [-0.05, 0) is 41.7 Å². The minimum atomic E-state index is -0.597. The lowest BCUT2D eigenvalue weighted by Gasteiger charge is -2.13. The summed E-state index contributed by atoms with van der Waals surface area (Å²) in [5, 5.41) is 12.4. The van der Waals surface area contributed by atoms with E-state index in [4.69, 9.17) is 5.73 Å². The zero-order chi connectivity index (χ0) is 19.0. The fraction of sp³-hybridized carbons (Fsp3) is 0.300. The van der Waals surface area contributed by atoms with Crippen LogP contribution >= 0.6 is 0 Å². The molecule has 27 heavy (non-hydrogen) atoms. The third kappa shape index (κ3) is 3.53. The van der Waals surface area contributed by atoms with Crippen LogP contribution in [0, 0.1) is 5.92 Å². The largest absolute Gasteiger partial charge is 0.383 e. The molecule has 1 saturated carbocycles. The number of rotatable bonds is 6. The van der Waals surface area contributed by atoms with Gasteiger partial charge in [-0.3, -0.25) is 9.59 Å². The van der Waals surface area contributed by atoms with Gasteiger partial charge < -0.3 is 15.6 Å². The van der Waals surface area contributed by atoms with Crippen LogP contribution in [0.15, 0.2) is 41.3 Å². The summed E-state index contributed by atoms with van der Waals surface area (Å²) in [6, 6.07) is 9.08. The van der Waals surface area contributed by atoms with Crippen molar-refractivity contribution in [1.82, 2.24) is 14.8 Å². The SMILES string of the molecule is Cn1cc(-c2ccc3c(NCCC4CC4)c(C(N)=O)nnc3c2)ccc1=O. The highest BCUT2D eigenvalue weighted by Crippen LogP contribution is 2.33. The molecule has 1 amide bonds. The molecule has 3 N–H and O–H groups in total. The Labute approximate surface area is 156 Å². The quantitative estimate of drug-likeness (QED) is 0.699. The Balaban J connectivity index is 1.74. The highest BCUT2D eigenvalue weighted by molar-refractivity contribution is 6.05. The predicted molar refractivity (Wildman–Crippen MR) is 105 cm³/mol. The number of aromatic nitrogens is 3. The van der Waals surface area contributed by atoms with Crippen molar-refractivity contribution >= 4 is 22.5 Å². The number of benzene rings is 1. The molecule has 7 nitrogen and oxygen atoms in total. The third-order valence-electron chi connectivity index (χ3n) is 4.97. The van der Waals surface area contributed by atoms with Crippen LogP contribution in [0.4, 0.5) is 5.69 Å². The van der Waals surface area contributed by atoms with Gasteiger partial charge in [0.1, 0.15) is 0 Å². The average Bonchev–Trinajstić information content (AvgIpc) is 3.47. The lowest BCUT2D eigenvalue weighted by atomic mass is 10.0. The van der Waals surface area contributed by atoms with Crippen molar-refractivity contribution < 1.29 is 4.79 Å². The highest BCUT2D eigenvalue weighted by atomic mass is 16.1. The van der Waals surface area contributed by atoms with Gasteiger partial charge >= 0.3 is 0 Å². The van der Waals surface area contributed by atoms with Crippen LogP contribution in [0.2, 0.25) is 0 Å². The van der Waals surface area contributed by atoms with Crippen molar-refractivity contribution in [2.45, 2.75) is 19.3 Å². The Morgan fingerprint density at radius 1 is 1.22 bits per heavy atom. The van der Waals surface area contributed by atoms with Crippen LogP contribution in [-0.2, 0) is 7.05 Å². The number of aryl methyl sites for hydroxylation is 1. The van der Waals surface area contributed by atoms with Gasteiger partial charge in [-0.25, -0.2) is 0 Å². The predicted octanol–water partition coefficient (Wildman–Crippen LogP) is 2.31. The van der Waals surface area contributed by atoms with Gasteiger partial charge in [0.05, 0.1) is 11.2 Å². The normalized spacial score (nSPS) is 13.7. The number of nitrogens with two attached hydrogens (primary N) is 1. The smallest absolute Gasteiger partial charge is 0.271 e. The van der Waals surface area contributed by atoms with Crippen LogP contribution in [0.5, 0.6) is 0 Å². The van der Waals surface area contributed by atoms with Crippen molar-refractivity contribution in [1.29, 1.82) is 0 Å². The van der Waals surface area contributed by atoms with E-state index in [-0.39, 0.29) is 11.3 Å². The van der Waals surface area contributed by atoms with E-state index in [0.717, 1.165) is 35.4 Å². The van der Waals surface area contributed by atoms with Crippen LogP contribution in [0.1, 0.15) is 29.8 Å². The van der Waals surface area contributed by atoms with Crippen LogP contribution in [-0.4, -0.2) is 27.2 Å². The number of primary amides is 1. The van der Waals surface area contributed by atoms with Crippen molar-refractivity contribution in [2.75, 3.05) is 11.9 Å². The number of hydrogen-bond acceptors (Lipinski definition) is 5. The van der Waals surface area contributed by atoms with Gasteiger partial charge in [-0.15, -0.1) is 10.2 Å². The molecule has 0 aliphatic heterocycles. The van der Waals surface area contributed by atoms with Gasteiger partial charge in [-0.2, -0.15) is 0 Å². The Morgan fingerprint density at radius 3 is 2.70 bits per heavy atom. The molecule has 0 atom stereocenters. The molecule has 138 valence electrons. The molecule has 3 aromatic rings. The summed E-state index contributed by atoms with van der Waals surface area (Å²) in [6.45, 7) is 0.772. The molecule has 1 aliphatic rings. The molecular formula is C20H21N5O2. The van der Waals surface area contributed by atoms with Crippen molar-refractivity contribution in [2.24, 2.45) is 18.7 Å². The summed E-state index contributed by atoms with van der Waals surface area (Å²) < 4.78 is 1.53. The summed E-state index contributed by atoms with van der Waals surface area (Å²) in [5.41, 5.74) is 8.72. The topological polar surface area (TPSA) is 103 Å². The molecule has 1 aliphatic carbocycles. The van der Waals surface area contributed by atoms with Gasteiger partial charge in [0.15, 0.2) is 5.69 Å². The van der Waals surface area contributed by atoms with Gasteiger partial charge in [-0.1, -0.05) is 18.9 Å². The fourth-order valence-electron chi connectivity index (χ4n) is 3.21. The Kier molecular flexibility index (Phi) is 4.35. The average molecular weight is 363 g/mol. The number of nitrogens with one attached hydrogen (secondary N) is 1. The fourth-order valence-corrected chi connectivity index (χ4v) is 3.21. The minimum absolute atomic E-state index is 0.0624. The van der Waals surface area contributed by atoms with Crippen LogP contribution in [0.25, 0.3) is 22.0 Å². The summed E-state index contributed by atoms with van der Waals surface area (Å²) in [5.74, 6) is 0.187. The molecule has 2 heterocycles. The van der Waals surface area contributed by atoms with E-state index >= 15 is 0 Å². The first-order valence-electron chi connectivity index (χ1n) is 9.04. The highest BCUT2D eigenvalue weighted by Gasteiger charge is 2.21. The van der Waals surface area contributed by atoms with E-state index in [1.165, 1.54) is 23.5 Å². The molecule has 7 heteroatoms. The number of pyridine rings is 1. The van der Waals surface area contributed by atoms with Crippen molar-refractivity contribution in [3.05, 3.63) is 52.6 Å². The summed E-state index contributed by atoms with van der Waals surface area (Å²) in [4.78, 5) is 23.4. The maximum absolute atomic E-state index is 11.8. The van der Waals surface area contributed by atoms with E-state index in [2.05, 4.69) is 15.5 Å². The van der Waals surface area contributed by atoms with Crippen molar-refractivity contribution in [3.63, 3.8) is 0 Å². The molecule has 1 aromatic carbocycles. The summed E-state index contributed by atoms with van der Waals surface area (Å²) in [7, 11) is 1.72. The number of anilines is 1. The molecule has 0 spiro atoms. The van der Waals surface area contributed by atoms with E-state index in [1.54, 1.807) is 19.3 Å². The molecule has 0 saturated heterocycles. The monoisotopic (exact) mass is 363 g/mol. The number of fused-ring (bicyclic) bond motifs is 1. The maximum atomic E-state index is 11.8. The lowest BCUT2D eigenvalue weighted by Crippen LogP contribution is -2.18. The van der Waals surface area contributed by atoms with Gasteiger partial charge in [0, 0.05) is 31.2 Å². The lowest BCUT2D eigenvalue weighted by molar-refractivity contribution is 0.0995. The van der Waals surface area contributed by atoms with E-state index in [0.29, 0.717) is 11.2 Å². The third-order valence-corrected chi connectivity index (χ3v) is 4.97. The standard InChI is InChI=1S/C20H21N5O2/c1-25-11-14(5-7-17(25)26)13-4-6-15-16(10-13)23-24-19(20(21)27)18(15)22-9-8-12-2-3-12/h4-7,10-12H,2-3,8-9H2,1H3,(H2,21,27)(H,22,23). The molecule has 2 aromatic heterocycles. The molecule has 0 bridgehead atoms. The summed E-state index contributed by atoms with van der Waals surface area (Å²) in [6.07, 6.45) is 5.41. The van der Waals surface area contributed by atoms with Gasteiger partial charge in [0.2, 0.25) is 5.56 Å². The second-order valence-electron chi connectivity index (χ2n) is 7.05. The van der Waals surface area contributed by atoms with Crippen molar-refractivity contribution in [3.8, 4) is 11.1 Å².